The number of benzene rings is 2. The van der Waals surface area contributed by atoms with Gasteiger partial charge in [0.2, 0.25) is 0 Å². The van der Waals surface area contributed by atoms with Crippen molar-refractivity contribution in [2.75, 3.05) is 0 Å². The summed E-state index contributed by atoms with van der Waals surface area (Å²) in [6, 6.07) is 15.7. The molecule has 0 aliphatic rings. The molecule has 0 atom stereocenters. The van der Waals surface area contributed by atoms with Gasteiger partial charge in [0.15, 0.2) is 11.5 Å². The van der Waals surface area contributed by atoms with Crippen LogP contribution < -0.4 is 0 Å². The third-order valence-corrected chi connectivity index (χ3v) is 4.04. The number of aromatic nitrogens is 4. The monoisotopic (exact) mass is 322 g/mol. The van der Waals surface area contributed by atoms with Crippen molar-refractivity contribution in [3.63, 3.8) is 0 Å². The molecule has 4 nitrogen and oxygen atoms in total. The van der Waals surface area contributed by atoms with Crippen LogP contribution in [0.5, 0.6) is 0 Å². The highest BCUT2D eigenvalue weighted by molar-refractivity contribution is 6.31. The van der Waals surface area contributed by atoms with Gasteiger partial charge in [0.25, 0.3) is 0 Å². The maximum Gasteiger partial charge on any atom is 0.182 e. The molecule has 2 aromatic carbocycles. The highest BCUT2D eigenvalue weighted by atomic mass is 35.5. The Morgan fingerprint density at radius 1 is 1.04 bits per heavy atom. The molecule has 4 rings (SSSR count). The van der Waals surface area contributed by atoms with E-state index in [4.69, 9.17) is 21.6 Å². The van der Waals surface area contributed by atoms with Crippen molar-refractivity contribution in [2.24, 2.45) is 0 Å². The standard InChI is InChI=1S/C18H15ClN4/c1-2-6-16-20-15-11-13(19)9-10-14(15)18-21-17(22-23(16)18)12-7-4-3-5-8-12/h3-5,7-11H,2,6H2,1H3. The highest BCUT2D eigenvalue weighted by Gasteiger charge is 2.14. The molecule has 114 valence electrons. The average molecular weight is 323 g/mol. The third-order valence-electron chi connectivity index (χ3n) is 3.81. The first-order valence-corrected chi connectivity index (χ1v) is 8.04. The zero-order chi connectivity index (χ0) is 15.8. The van der Waals surface area contributed by atoms with Gasteiger partial charge in [0.05, 0.1) is 5.52 Å². The van der Waals surface area contributed by atoms with Gasteiger partial charge in [-0.1, -0.05) is 48.9 Å². The van der Waals surface area contributed by atoms with Crippen LogP contribution in [-0.4, -0.2) is 19.6 Å². The first-order valence-electron chi connectivity index (χ1n) is 7.66. The molecule has 2 heterocycles. The maximum atomic E-state index is 6.12. The molecule has 0 N–H and O–H groups in total. The molecule has 0 saturated carbocycles. The van der Waals surface area contributed by atoms with Crippen LogP contribution in [0.3, 0.4) is 0 Å². The zero-order valence-corrected chi connectivity index (χ0v) is 13.5. The lowest BCUT2D eigenvalue weighted by Gasteiger charge is -2.05. The predicted molar refractivity (Wildman–Crippen MR) is 92.7 cm³/mol. The van der Waals surface area contributed by atoms with Crippen molar-refractivity contribution in [1.82, 2.24) is 19.6 Å². The van der Waals surface area contributed by atoms with E-state index in [1.165, 1.54) is 0 Å². The second-order valence-electron chi connectivity index (χ2n) is 5.48. The summed E-state index contributed by atoms with van der Waals surface area (Å²) in [7, 11) is 0. The number of hydrogen-bond acceptors (Lipinski definition) is 3. The average Bonchev–Trinajstić information content (AvgIpc) is 3.01. The van der Waals surface area contributed by atoms with E-state index in [2.05, 4.69) is 12.0 Å². The van der Waals surface area contributed by atoms with Gasteiger partial charge in [-0.25, -0.2) is 9.97 Å². The minimum absolute atomic E-state index is 0.680. The van der Waals surface area contributed by atoms with Gasteiger partial charge < -0.3 is 0 Å². The molecule has 4 aromatic rings. The molecule has 0 radical (unpaired) electrons. The van der Waals surface area contributed by atoms with E-state index < -0.39 is 0 Å². The zero-order valence-electron chi connectivity index (χ0n) is 12.7. The van der Waals surface area contributed by atoms with E-state index in [1.807, 2.05) is 53.0 Å². The fraction of sp³-hybridized carbons (Fsp3) is 0.167. The minimum Gasteiger partial charge on any atom is -0.233 e. The van der Waals surface area contributed by atoms with Crippen molar-refractivity contribution >= 4 is 28.2 Å². The summed E-state index contributed by atoms with van der Waals surface area (Å²) in [5.41, 5.74) is 2.69. The smallest absolute Gasteiger partial charge is 0.182 e. The van der Waals surface area contributed by atoms with Crippen LogP contribution in [0.1, 0.15) is 19.2 Å². The van der Waals surface area contributed by atoms with Crippen LogP contribution in [0.2, 0.25) is 5.02 Å². The fourth-order valence-electron chi connectivity index (χ4n) is 2.73. The highest BCUT2D eigenvalue weighted by Crippen LogP contribution is 2.25. The van der Waals surface area contributed by atoms with Crippen LogP contribution in [-0.2, 0) is 6.42 Å². The fourth-order valence-corrected chi connectivity index (χ4v) is 2.90. The molecule has 0 aliphatic carbocycles. The Labute approximate surface area is 138 Å². The lowest BCUT2D eigenvalue weighted by molar-refractivity contribution is 0.771. The second kappa shape index (κ2) is 5.63. The van der Waals surface area contributed by atoms with Crippen LogP contribution in [0, 0.1) is 0 Å². The molecule has 0 amide bonds. The van der Waals surface area contributed by atoms with Gasteiger partial charge in [-0.15, -0.1) is 5.10 Å². The van der Waals surface area contributed by atoms with Gasteiger partial charge in [-0.3, -0.25) is 0 Å². The van der Waals surface area contributed by atoms with Gasteiger partial charge in [-0.05, 0) is 24.6 Å². The summed E-state index contributed by atoms with van der Waals surface area (Å²) in [5, 5.41) is 6.33. The topological polar surface area (TPSA) is 43.1 Å². The number of fused-ring (bicyclic) bond motifs is 3. The Balaban J connectivity index is 2.04. The van der Waals surface area contributed by atoms with Gasteiger partial charge in [-0.2, -0.15) is 4.52 Å². The van der Waals surface area contributed by atoms with Crippen LogP contribution in [0.15, 0.2) is 48.5 Å². The SMILES string of the molecule is CCCc1nc2cc(Cl)ccc2c2nc(-c3ccccc3)nn12. The largest absolute Gasteiger partial charge is 0.233 e. The Morgan fingerprint density at radius 3 is 2.65 bits per heavy atom. The predicted octanol–water partition coefficient (Wildman–Crippen LogP) is 4.55. The van der Waals surface area contributed by atoms with Crippen LogP contribution >= 0.6 is 11.6 Å². The van der Waals surface area contributed by atoms with E-state index in [1.54, 1.807) is 0 Å². The Morgan fingerprint density at radius 2 is 1.87 bits per heavy atom. The molecular weight excluding hydrogens is 308 g/mol. The molecule has 23 heavy (non-hydrogen) atoms. The summed E-state index contributed by atoms with van der Waals surface area (Å²) in [6.07, 6.45) is 1.84. The summed E-state index contributed by atoms with van der Waals surface area (Å²) < 4.78 is 1.86. The Bertz CT molecular complexity index is 992. The first kappa shape index (κ1) is 14.2. The van der Waals surface area contributed by atoms with E-state index >= 15 is 0 Å². The van der Waals surface area contributed by atoms with Crippen molar-refractivity contribution < 1.29 is 0 Å². The third kappa shape index (κ3) is 2.45. The van der Waals surface area contributed by atoms with Crippen LogP contribution in [0.4, 0.5) is 0 Å². The van der Waals surface area contributed by atoms with Gasteiger partial charge in [0.1, 0.15) is 5.82 Å². The lowest BCUT2D eigenvalue weighted by atomic mass is 10.2. The molecule has 0 spiro atoms. The number of nitrogens with zero attached hydrogens (tertiary/aromatic N) is 4. The summed E-state index contributed by atoms with van der Waals surface area (Å²) in [5.74, 6) is 1.62. The molecule has 0 bridgehead atoms. The normalized spacial score (nSPS) is 11.4. The Kier molecular flexibility index (Phi) is 3.46. The van der Waals surface area contributed by atoms with E-state index in [0.717, 1.165) is 40.8 Å². The number of aryl methyl sites for hydroxylation is 1. The van der Waals surface area contributed by atoms with Gasteiger partial charge >= 0.3 is 0 Å². The van der Waals surface area contributed by atoms with E-state index in [0.29, 0.717) is 10.8 Å². The molecular formula is C18H15ClN4. The first-order chi connectivity index (χ1) is 11.3. The van der Waals surface area contributed by atoms with E-state index in [9.17, 15) is 0 Å². The molecule has 0 aliphatic heterocycles. The second-order valence-corrected chi connectivity index (χ2v) is 5.91. The van der Waals surface area contributed by atoms with Crippen LogP contribution in [0.25, 0.3) is 27.9 Å². The molecule has 5 heteroatoms. The maximum absolute atomic E-state index is 6.12. The van der Waals surface area contributed by atoms with Crippen molar-refractivity contribution in [2.45, 2.75) is 19.8 Å². The number of hydrogen-bond donors (Lipinski definition) is 0. The summed E-state index contributed by atoms with van der Waals surface area (Å²) >= 11 is 6.12. The van der Waals surface area contributed by atoms with Crippen molar-refractivity contribution in [3.8, 4) is 11.4 Å². The summed E-state index contributed by atoms with van der Waals surface area (Å²) in [4.78, 5) is 9.49. The van der Waals surface area contributed by atoms with Crippen molar-refractivity contribution in [3.05, 3.63) is 59.4 Å². The van der Waals surface area contributed by atoms with E-state index in [-0.39, 0.29) is 0 Å². The number of halogens is 1. The lowest BCUT2D eigenvalue weighted by Crippen LogP contribution is -2.03. The molecule has 0 fully saturated rings. The minimum atomic E-state index is 0.680. The quantitative estimate of drug-likeness (QED) is 0.555. The molecule has 0 unspecified atom stereocenters. The molecule has 0 saturated heterocycles. The van der Waals surface area contributed by atoms with Gasteiger partial charge in [0, 0.05) is 22.4 Å². The summed E-state index contributed by atoms with van der Waals surface area (Å²) in [6.45, 7) is 2.13. The molecule has 2 aromatic heterocycles. The van der Waals surface area contributed by atoms with Crippen molar-refractivity contribution in [1.29, 1.82) is 0 Å². The Hall–Kier alpha value is -2.46. The number of rotatable bonds is 3.